The highest BCUT2D eigenvalue weighted by molar-refractivity contribution is 5.15. The second-order valence-corrected chi connectivity index (χ2v) is 4.48. The minimum absolute atomic E-state index is 0.00648. The van der Waals surface area contributed by atoms with Crippen molar-refractivity contribution < 1.29 is 0 Å². The van der Waals surface area contributed by atoms with Crippen LogP contribution in [0.1, 0.15) is 29.8 Å². The fourth-order valence-corrected chi connectivity index (χ4v) is 1.88. The molecule has 0 bridgehead atoms. The van der Waals surface area contributed by atoms with Crippen LogP contribution in [0.15, 0.2) is 29.8 Å². The summed E-state index contributed by atoms with van der Waals surface area (Å²) in [7, 11) is 0. The number of aromatic nitrogens is 4. The Bertz CT molecular complexity index is 606. The largest absolute Gasteiger partial charge is 0.296 e. The third-order valence-corrected chi connectivity index (χ3v) is 3.03. The van der Waals surface area contributed by atoms with E-state index in [0.29, 0.717) is 5.56 Å². The van der Waals surface area contributed by atoms with E-state index in [-0.39, 0.29) is 11.6 Å². The molecule has 5 heteroatoms. The molecule has 0 aromatic carbocycles. The van der Waals surface area contributed by atoms with Gasteiger partial charge in [0.2, 0.25) is 0 Å². The highest BCUT2D eigenvalue weighted by atomic mass is 16.1. The van der Waals surface area contributed by atoms with Gasteiger partial charge in [-0.05, 0) is 32.8 Å². The summed E-state index contributed by atoms with van der Waals surface area (Å²) in [5.74, 6) is 0. The van der Waals surface area contributed by atoms with Gasteiger partial charge in [0.1, 0.15) is 6.33 Å². The van der Waals surface area contributed by atoms with Crippen LogP contribution in [-0.2, 0) is 6.42 Å². The first-order valence-corrected chi connectivity index (χ1v) is 5.88. The van der Waals surface area contributed by atoms with E-state index >= 15 is 0 Å². The zero-order chi connectivity index (χ0) is 13.1. The Kier molecular flexibility index (Phi) is 3.50. The lowest BCUT2D eigenvalue weighted by Crippen LogP contribution is -2.26. The summed E-state index contributed by atoms with van der Waals surface area (Å²) in [6.07, 6.45) is 7.22. The molecule has 0 saturated heterocycles. The van der Waals surface area contributed by atoms with Gasteiger partial charge >= 0.3 is 0 Å². The summed E-state index contributed by atoms with van der Waals surface area (Å²) in [6.45, 7) is 5.71. The van der Waals surface area contributed by atoms with E-state index in [2.05, 4.69) is 15.0 Å². The molecule has 2 heterocycles. The van der Waals surface area contributed by atoms with Crippen LogP contribution in [0.25, 0.3) is 0 Å². The van der Waals surface area contributed by atoms with E-state index in [9.17, 15) is 4.79 Å². The van der Waals surface area contributed by atoms with Crippen LogP contribution in [0.5, 0.6) is 0 Å². The zero-order valence-corrected chi connectivity index (χ0v) is 10.8. The van der Waals surface area contributed by atoms with Crippen LogP contribution in [-0.4, -0.2) is 19.5 Å². The molecule has 0 fully saturated rings. The molecule has 0 saturated carbocycles. The van der Waals surface area contributed by atoms with Crippen molar-refractivity contribution in [2.75, 3.05) is 0 Å². The van der Waals surface area contributed by atoms with Crippen molar-refractivity contribution in [2.45, 2.75) is 33.2 Å². The molecule has 5 nitrogen and oxygen atoms in total. The van der Waals surface area contributed by atoms with Crippen molar-refractivity contribution in [2.24, 2.45) is 0 Å². The summed E-state index contributed by atoms with van der Waals surface area (Å²) < 4.78 is 1.65. The molecule has 0 aliphatic rings. The highest BCUT2D eigenvalue weighted by Crippen LogP contribution is 2.13. The maximum atomic E-state index is 12.0. The second-order valence-electron chi connectivity index (χ2n) is 4.48. The van der Waals surface area contributed by atoms with Crippen LogP contribution >= 0.6 is 0 Å². The molecular formula is C13H16N4O. The van der Waals surface area contributed by atoms with Crippen molar-refractivity contribution >= 4 is 0 Å². The monoisotopic (exact) mass is 244 g/mol. The lowest BCUT2D eigenvalue weighted by molar-refractivity contribution is 0.513. The minimum Gasteiger partial charge on any atom is -0.296 e. The maximum absolute atomic E-state index is 12.0. The molecule has 0 N–H and O–H groups in total. The van der Waals surface area contributed by atoms with E-state index in [4.69, 9.17) is 0 Å². The average Bonchev–Trinajstić information content (AvgIpc) is 2.35. The second kappa shape index (κ2) is 5.08. The van der Waals surface area contributed by atoms with Gasteiger partial charge in [-0.1, -0.05) is 0 Å². The standard InChI is InChI=1S/C13H16N4O/c1-9-5-15-8-17(13(9)18)10(2)4-12-6-14-7-16-11(12)3/h5-8,10H,4H2,1-3H3/t10-/m1/s1. The van der Waals surface area contributed by atoms with E-state index in [0.717, 1.165) is 17.7 Å². The molecule has 2 aromatic rings. The molecule has 0 radical (unpaired) electrons. The summed E-state index contributed by atoms with van der Waals surface area (Å²) >= 11 is 0. The lowest BCUT2D eigenvalue weighted by atomic mass is 10.1. The van der Waals surface area contributed by atoms with E-state index in [1.54, 1.807) is 30.2 Å². The first-order valence-electron chi connectivity index (χ1n) is 5.88. The zero-order valence-electron chi connectivity index (χ0n) is 10.8. The fraction of sp³-hybridized carbons (Fsp3) is 0.385. The van der Waals surface area contributed by atoms with Gasteiger partial charge in [-0.15, -0.1) is 0 Å². The Morgan fingerprint density at radius 1 is 1.28 bits per heavy atom. The molecule has 2 rings (SSSR count). The van der Waals surface area contributed by atoms with Crippen molar-refractivity contribution in [3.63, 3.8) is 0 Å². The summed E-state index contributed by atoms with van der Waals surface area (Å²) in [4.78, 5) is 24.2. The predicted octanol–water partition coefficient (Wildman–Crippen LogP) is 1.45. The number of hydrogen-bond acceptors (Lipinski definition) is 4. The SMILES string of the molecule is Cc1ncncc1C[C@@H](C)n1cncc(C)c1=O. The molecule has 18 heavy (non-hydrogen) atoms. The number of aryl methyl sites for hydroxylation is 2. The van der Waals surface area contributed by atoms with Crippen LogP contribution in [0.2, 0.25) is 0 Å². The minimum atomic E-state index is 0.00648. The normalized spacial score (nSPS) is 12.4. The maximum Gasteiger partial charge on any atom is 0.256 e. The quantitative estimate of drug-likeness (QED) is 0.820. The molecule has 94 valence electrons. The van der Waals surface area contributed by atoms with Crippen LogP contribution < -0.4 is 5.56 Å². The van der Waals surface area contributed by atoms with Crippen LogP contribution in [0, 0.1) is 13.8 Å². The van der Waals surface area contributed by atoms with Crippen molar-refractivity contribution in [1.82, 2.24) is 19.5 Å². The summed E-state index contributed by atoms with van der Waals surface area (Å²) in [5.41, 5.74) is 2.67. The molecule has 0 amide bonds. The Balaban J connectivity index is 2.28. The molecule has 0 unspecified atom stereocenters. The Morgan fingerprint density at radius 3 is 2.78 bits per heavy atom. The van der Waals surface area contributed by atoms with Crippen LogP contribution in [0.4, 0.5) is 0 Å². The van der Waals surface area contributed by atoms with Crippen molar-refractivity contribution in [3.05, 3.63) is 52.2 Å². The van der Waals surface area contributed by atoms with Gasteiger partial charge in [-0.2, -0.15) is 0 Å². The highest BCUT2D eigenvalue weighted by Gasteiger charge is 2.11. The van der Waals surface area contributed by atoms with Gasteiger partial charge in [-0.25, -0.2) is 15.0 Å². The smallest absolute Gasteiger partial charge is 0.256 e. The van der Waals surface area contributed by atoms with Gasteiger partial charge in [0, 0.05) is 29.7 Å². The van der Waals surface area contributed by atoms with Gasteiger partial charge in [-0.3, -0.25) is 9.36 Å². The number of rotatable bonds is 3. The predicted molar refractivity (Wildman–Crippen MR) is 68.4 cm³/mol. The van der Waals surface area contributed by atoms with Gasteiger partial charge in [0.05, 0.1) is 6.33 Å². The van der Waals surface area contributed by atoms with Gasteiger partial charge in [0.25, 0.3) is 5.56 Å². The Hall–Kier alpha value is -2.04. The lowest BCUT2D eigenvalue weighted by Gasteiger charge is -2.15. The molecule has 0 spiro atoms. The van der Waals surface area contributed by atoms with Gasteiger partial charge in [0.15, 0.2) is 0 Å². The number of hydrogen-bond donors (Lipinski definition) is 0. The third-order valence-electron chi connectivity index (χ3n) is 3.03. The third kappa shape index (κ3) is 2.45. The molecule has 1 atom stereocenters. The Morgan fingerprint density at radius 2 is 2.06 bits per heavy atom. The van der Waals surface area contributed by atoms with Crippen molar-refractivity contribution in [3.8, 4) is 0 Å². The Labute approximate surface area is 106 Å². The van der Waals surface area contributed by atoms with E-state index in [1.807, 2.05) is 13.8 Å². The molecule has 2 aromatic heterocycles. The average molecular weight is 244 g/mol. The van der Waals surface area contributed by atoms with Crippen molar-refractivity contribution in [1.29, 1.82) is 0 Å². The van der Waals surface area contributed by atoms with E-state index < -0.39 is 0 Å². The first-order chi connectivity index (χ1) is 8.59. The molecule has 0 aliphatic heterocycles. The van der Waals surface area contributed by atoms with Crippen LogP contribution in [0.3, 0.4) is 0 Å². The number of nitrogens with zero attached hydrogens (tertiary/aromatic N) is 4. The molecular weight excluding hydrogens is 228 g/mol. The molecule has 0 aliphatic carbocycles. The first kappa shape index (κ1) is 12.4. The topological polar surface area (TPSA) is 60.7 Å². The summed E-state index contributed by atoms with van der Waals surface area (Å²) in [6, 6.07) is 0.0367. The summed E-state index contributed by atoms with van der Waals surface area (Å²) in [5, 5.41) is 0. The van der Waals surface area contributed by atoms with E-state index in [1.165, 1.54) is 6.33 Å². The fourth-order valence-electron chi connectivity index (χ4n) is 1.88. The van der Waals surface area contributed by atoms with Gasteiger partial charge < -0.3 is 0 Å².